The molecular formula is C14H18IN3. The Balaban J connectivity index is 2.05. The molecule has 1 aromatic carbocycles. The van der Waals surface area contributed by atoms with Gasteiger partial charge in [0, 0.05) is 28.6 Å². The van der Waals surface area contributed by atoms with Crippen LogP contribution < -0.4 is 5.32 Å². The van der Waals surface area contributed by atoms with Crippen molar-refractivity contribution in [3.8, 4) is 0 Å². The molecule has 0 radical (unpaired) electrons. The highest BCUT2D eigenvalue weighted by Gasteiger charge is 2.04. The fraction of sp³-hybridized carbons (Fsp3) is 0.357. The van der Waals surface area contributed by atoms with Crippen molar-refractivity contribution in [2.75, 3.05) is 0 Å². The fourth-order valence-electron chi connectivity index (χ4n) is 1.73. The molecule has 2 rings (SSSR count). The standard InChI is InChI=1S/C14H18IN3/c1-11(2)17-9-14-16-7-8-18(14)10-12-3-5-13(15)6-4-12/h3-8,11,17H,9-10H2,1-2H3. The van der Waals surface area contributed by atoms with E-state index in [2.05, 4.69) is 75.6 Å². The van der Waals surface area contributed by atoms with E-state index in [1.165, 1.54) is 9.13 Å². The average Bonchev–Trinajstić information content (AvgIpc) is 2.77. The van der Waals surface area contributed by atoms with Crippen molar-refractivity contribution in [3.05, 3.63) is 51.6 Å². The quantitative estimate of drug-likeness (QED) is 0.836. The minimum absolute atomic E-state index is 0.480. The van der Waals surface area contributed by atoms with E-state index >= 15 is 0 Å². The van der Waals surface area contributed by atoms with Crippen LogP contribution in [0.25, 0.3) is 0 Å². The van der Waals surface area contributed by atoms with E-state index in [0.29, 0.717) is 6.04 Å². The van der Waals surface area contributed by atoms with Crippen molar-refractivity contribution in [1.29, 1.82) is 0 Å². The van der Waals surface area contributed by atoms with E-state index in [1.54, 1.807) is 0 Å². The summed E-state index contributed by atoms with van der Waals surface area (Å²) in [6, 6.07) is 9.09. The average molecular weight is 355 g/mol. The molecule has 0 bridgehead atoms. The summed E-state index contributed by atoms with van der Waals surface area (Å²) in [5, 5.41) is 3.40. The normalized spacial score (nSPS) is 11.1. The molecule has 0 fully saturated rings. The number of benzene rings is 1. The third-order valence-electron chi connectivity index (χ3n) is 2.74. The number of hydrogen-bond acceptors (Lipinski definition) is 2. The molecule has 3 nitrogen and oxygen atoms in total. The first-order valence-corrected chi connectivity index (χ1v) is 7.21. The van der Waals surface area contributed by atoms with Gasteiger partial charge in [0.2, 0.25) is 0 Å². The van der Waals surface area contributed by atoms with Crippen LogP contribution in [0.5, 0.6) is 0 Å². The Labute approximate surface area is 122 Å². The summed E-state index contributed by atoms with van der Waals surface area (Å²) >= 11 is 2.32. The van der Waals surface area contributed by atoms with Crippen LogP contribution >= 0.6 is 22.6 Å². The lowest BCUT2D eigenvalue weighted by atomic mass is 10.2. The van der Waals surface area contributed by atoms with Crippen LogP contribution in [0.2, 0.25) is 0 Å². The first kappa shape index (κ1) is 13.5. The van der Waals surface area contributed by atoms with Gasteiger partial charge in [0.25, 0.3) is 0 Å². The van der Waals surface area contributed by atoms with E-state index in [0.717, 1.165) is 18.9 Å². The zero-order valence-corrected chi connectivity index (χ0v) is 12.9. The van der Waals surface area contributed by atoms with Gasteiger partial charge in [-0.2, -0.15) is 0 Å². The molecule has 0 spiro atoms. The number of hydrogen-bond donors (Lipinski definition) is 1. The van der Waals surface area contributed by atoms with Gasteiger partial charge >= 0.3 is 0 Å². The summed E-state index contributed by atoms with van der Waals surface area (Å²) in [5.74, 6) is 1.09. The van der Waals surface area contributed by atoms with Crippen LogP contribution in [-0.4, -0.2) is 15.6 Å². The van der Waals surface area contributed by atoms with Gasteiger partial charge in [-0.3, -0.25) is 0 Å². The maximum absolute atomic E-state index is 4.40. The Morgan fingerprint density at radius 1 is 1.28 bits per heavy atom. The summed E-state index contributed by atoms with van der Waals surface area (Å²) in [4.78, 5) is 4.40. The van der Waals surface area contributed by atoms with Crippen molar-refractivity contribution in [2.45, 2.75) is 33.0 Å². The number of nitrogens with one attached hydrogen (secondary N) is 1. The highest BCUT2D eigenvalue weighted by atomic mass is 127. The van der Waals surface area contributed by atoms with Gasteiger partial charge in [-0.15, -0.1) is 0 Å². The molecule has 96 valence electrons. The van der Waals surface area contributed by atoms with Crippen molar-refractivity contribution >= 4 is 22.6 Å². The predicted molar refractivity (Wildman–Crippen MR) is 82.5 cm³/mol. The summed E-state index contributed by atoms with van der Waals surface area (Å²) in [5.41, 5.74) is 1.30. The smallest absolute Gasteiger partial charge is 0.122 e. The number of aromatic nitrogens is 2. The molecule has 0 saturated heterocycles. The van der Waals surface area contributed by atoms with Crippen molar-refractivity contribution in [1.82, 2.24) is 14.9 Å². The fourth-order valence-corrected chi connectivity index (χ4v) is 2.09. The second-order valence-corrected chi connectivity index (χ2v) is 5.88. The molecule has 0 saturated carbocycles. The zero-order chi connectivity index (χ0) is 13.0. The molecule has 0 atom stereocenters. The van der Waals surface area contributed by atoms with Crippen LogP contribution in [0, 0.1) is 3.57 Å². The van der Waals surface area contributed by atoms with E-state index < -0.39 is 0 Å². The zero-order valence-electron chi connectivity index (χ0n) is 10.7. The molecule has 0 amide bonds. The monoisotopic (exact) mass is 355 g/mol. The van der Waals surface area contributed by atoms with Crippen LogP contribution in [0.4, 0.5) is 0 Å². The van der Waals surface area contributed by atoms with Gasteiger partial charge < -0.3 is 9.88 Å². The Morgan fingerprint density at radius 2 is 2.00 bits per heavy atom. The molecule has 1 heterocycles. The van der Waals surface area contributed by atoms with E-state index in [1.807, 2.05) is 12.4 Å². The van der Waals surface area contributed by atoms with Gasteiger partial charge in [-0.05, 0) is 40.3 Å². The largest absolute Gasteiger partial charge is 0.329 e. The second-order valence-electron chi connectivity index (χ2n) is 4.63. The van der Waals surface area contributed by atoms with Gasteiger partial charge in [0.1, 0.15) is 5.82 Å². The topological polar surface area (TPSA) is 29.9 Å². The predicted octanol–water partition coefficient (Wildman–Crippen LogP) is 3.03. The Hall–Kier alpha value is -0.880. The van der Waals surface area contributed by atoms with Crippen molar-refractivity contribution in [2.24, 2.45) is 0 Å². The third kappa shape index (κ3) is 3.81. The molecule has 1 aromatic heterocycles. The Kier molecular flexibility index (Phi) is 4.77. The van der Waals surface area contributed by atoms with Crippen molar-refractivity contribution in [3.63, 3.8) is 0 Å². The second kappa shape index (κ2) is 6.33. The Morgan fingerprint density at radius 3 is 2.67 bits per heavy atom. The molecular weight excluding hydrogens is 337 g/mol. The summed E-state index contributed by atoms with van der Waals surface area (Å²) < 4.78 is 3.46. The molecule has 0 aliphatic rings. The van der Waals surface area contributed by atoms with Crippen LogP contribution in [0.3, 0.4) is 0 Å². The van der Waals surface area contributed by atoms with Gasteiger partial charge in [-0.25, -0.2) is 4.98 Å². The maximum atomic E-state index is 4.40. The summed E-state index contributed by atoms with van der Waals surface area (Å²) in [6.07, 6.45) is 3.90. The lowest BCUT2D eigenvalue weighted by Gasteiger charge is -2.11. The third-order valence-corrected chi connectivity index (χ3v) is 3.46. The minimum atomic E-state index is 0.480. The lowest BCUT2D eigenvalue weighted by Crippen LogP contribution is -2.24. The van der Waals surface area contributed by atoms with Gasteiger partial charge in [0.15, 0.2) is 0 Å². The number of imidazole rings is 1. The Bertz CT molecular complexity index is 488. The SMILES string of the molecule is CC(C)NCc1nccn1Cc1ccc(I)cc1. The van der Waals surface area contributed by atoms with Crippen molar-refractivity contribution < 1.29 is 0 Å². The molecule has 2 aromatic rings. The summed E-state index contributed by atoms with van der Waals surface area (Å²) in [6.45, 7) is 5.99. The van der Waals surface area contributed by atoms with E-state index in [9.17, 15) is 0 Å². The van der Waals surface area contributed by atoms with E-state index in [-0.39, 0.29) is 0 Å². The molecule has 0 aliphatic carbocycles. The number of halogens is 1. The first-order valence-electron chi connectivity index (χ1n) is 6.13. The molecule has 0 unspecified atom stereocenters. The van der Waals surface area contributed by atoms with Crippen LogP contribution in [-0.2, 0) is 13.1 Å². The highest BCUT2D eigenvalue weighted by Crippen LogP contribution is 2.09. The number of rotatable bonds is 5. The maximum Gasteiger partial charge on any atom is 0.122 e. The minimum Gasteiger partial charge on any atom is -0.329 e. The lowest BCUT2D eigenvalue weighted by molar-refractivity contribution is 0.554. The van der Waals surface area contributed by atoms with Gasteiger partial charge in [-0.1, -0.05) is 26.0 Å². The first-order chi connectivity index (χ1) is 8.65. The molecule has 0 aliphatic heterocycles. The summed E-state index contributed by atoms with van der Waals surface area (Å²) in [7, 11) is 0. The van der Waals surface area contributed by atoms with Crippen LogP contribution in [0.15, 0.2) is 36.7 Å². The highest BCUT2D eigenvalue weighted by molar-refractivity contribution is 14.1. The molecule has 18 heavy (non-hydrogen) atoms. The van der Waals surface area contributed by atoms with Crippen LogP contribution in [0.1, 0.15) is 25.2 Å². The van der Waals surface area contributed by atoms with Gasteiger partial charge in [0.05, 0.1) is 6.54 Å². The number of nitrogens with zero attached hydrogens (tertiary/aromatic N) is 2. The molecule has 1 N–H and O–H groups in total. The molecule has 4 heteroatoms. The van der Waals surface area contributed by atoms with E-state index in [4.69, 9.17) is 0 Å².